The maximum absolute atomic E-state index is 5.63. The van der Waals surface area contributed by atoms with Gasteiger partial charge in [-0.3, -0.25) is 11.3 Å². The summed E-state index contributed by atoms with van der Waals surface area (Å²) >= 11 is 0. The van der Waals surface area contributed by atoms with Gasteiger partial charge >= 0.3 is 0 Å². The maximum atomic E-state index is 5.63. The van der Waals surface area contributed by atoms with Crippen molar-refractivity contribution < 1.29 is 9.47 Å². The highest BCUT2D eigenvalue weighted by Gasteiger charge is 2.13. The Kier molecular flexibility index (Phi) is 5.95. The number of hydrogen-bond donors (Lipinski definition) is 2. The summed E-state index contributed by atoms with van der Waals surface area (Å²) in [4.78, 5) is 0. The molecule has 0 aliphatic heterocycles. The van der Waals surface area contributed by atoms with Crippen LogP contribution in [-0.4, -0.2) is 14.2 Å². The highest BCUT2D eigenvalue weighted by molar-refractivity contribution is 5.43. The lowest BCUT2D eigenvalue weighted by molar-refractivity contribution is 0.353. The van der Waals surface area contributed by atoms with Crippen LogP contribution >= 0.6 is 0 Å². The van der Waals surface area contributed by atoms with Crippen LogP contribution in [0.2, 0.25) is 0 Å². The molecule has 0 amide bonds. The highest BCUT2D eigenvalue weighted by atomic mass is 16.5. The van der Waals surface area contributed by atoms with Crippen molar-refractivity contribution in [1.82, 2.24) is 5.43 Å². The van der Waals surface area contributed by atoms with Crippen molar-refractivity contribution in [3.63, 3.8) is 0 Å². The fraction of sp³-hybridized carbons (Fsp3) is 0.571. The minimum absolute atomic E-state index is 0.146. The van der Waals surface area contributed by atoms with Crippen LogP contribution in [0.25, 0.3) is 0 Å². The first kappa shape index (κ1) is 14.8. The Balaban J connectivity index is 2.85. The summed E-state index contributed by atoms with van der Waals surface area (Å²) in [6, 6.07) is 6.05. The van der Waals surface area contributed by atoms with Crippen molar-refractivity contribution in [2.75, 3.05) is 14.2 Å². The first-order valence-electron chi connectivity index (χ1n) is 6.30. The van der Waals surface area contributed by atoms with Crippen LogP contribution < -0.4 is 20.7 Å². The van der Waals surface area contributed by atoms with Crippen molar-refractivity contribution in [3.8, 4) is 11.5 Å². The third kappa shape index (κ3) is 3.89. The van der Waals surface area contributed by atoms with E-state index in [0.717, 1.165) is 29.9 Å². The van der Waals surface area contributed by atoms with Gasteiger partial charge in [0.1, 0.15) is 0 Å². The fourth-order valence-corrected chi connectivity index (χ4v) is 1.92. The molecular weight excluding hydrogens is 228 g/mol. The van der Waals surface area contributed by atoms with Crippen LogP contribution in [0, 0.1) is 5.92 Å². The van der Waals surface area contributed by atoms with E-state index in [1.165, 1.54) is 0 Å². The second-order valence-corrected chi connectivity index (χ2v) is 4.80. The molecule has 0 radical (unpaired) electrons. The Bertz CT molecular complexity index is 367. The van der Waals surface area contributed by atoms with Gasteiger partial charge in [-0.15, -0.1) is 0 Å². The lowest BCUT2D eigenvalue weighted by Gasteiger charge is -2.19. The number of nitrogens with one attached hydrogen (secondary N) is 1. The second-order valence-electron chi connectivity index (χ2n) is 4.80. The van der Waals surface area contributed by atoms with Gasteiger partial charge in [0.2, 0.25) is 0 Å². The monoisotopic (exact) mass is 252 g/mol. The number of rotatable bonds is 7. The zero-order valence-corrected chi connectivity index (χ0v) is 11.7. The molecule has 1 unspecified atom stereocenters. The molecule has 0 fully saturated rings. The van der Waals surface area contributed by atoms with Gasteiger partial charge < -0.3 is 9.47 Å². The van der Waals surface area contributed by atoms with E-state index in [2.05, 4.69) is 19.3 Å². The summed E-state index contributed by atoms with van der Waals surface area (Å²) in [6.07, 6.45) is 2.13. The predicted octanol–water partition coefficient (Wildman–Crippen LogP) is 2.64. The Labute approximate surface area is 109 Å². The third-order valence-electron chi connectivity index (χ3n) is 3.04. The maximum Gasteiger partial charge on any atom is 0.161 e. The van der Waals surface area contributed by atoms with E-state index in [1.54, 1.807) is 14.2 Å². The van der Waals surface area contributed by atoms with Crippen LogP contribution in [0.15, 0.2) is 18.2 Å². The zero-order chi connectivity index (χ0) is 13.5. The Hall–Kier alpha value is -1.26. The van der Waals surface area contributed by atoms with Gasteiger partial charge in [-0.2, -0.15) is 0 Å². The number of hydrazine groups is 1. The van der Waals surface area contributed by atoms with Gasteiger partial charge in [0.25, 0.3) is 0 Å². The quantitative estimate of drug-likeness (QED) is 0.578. The first-order valence-corrected chi connectivity index (χ1v) is 6.30. The van der Waals surface area contributed by atoms with Gasteiger partial charge in [-0.1, -0.05) is 19.9 Å². The lowest BCUT2D eigenvalue weighted by atomic mass is 9.98. The molecule has 4 heteroatoms. The molecular formula is C14H24N2O2. The average Bonchev–Trinajstić information content (AvgIpc) is 2.38. The Morgan fingerprint density at radius 3 is 2.28 bits per heavy atom. The molecule has 1 aromatic rings. The van der Waals surface area contributed by atoms with Crippen molar-refractivity contribution in [1.29, 1.82) is 0 Å². The number of methoxy groups -OCH3 is 2. The molecule has 4 nitrogen and oxygen atoms in total. The van der Waals surface area contributed by atoms with Crippen LogP contribution in [0.1, 0.15) is 38.3 Å². The lowest BCUT2D eigenvalue weighted by Crippen LogP contribution is -2.28. The van der Waals surface area contributed by atoms with Gasteiger partial charge in [0.05, 0.1) is 14.2 Å². The molecule has 1 rings (SSSR count). The molecule has 0 heterocycles. The van der Waals surface area contributed by atoms with Crippen molar-refractivity contribution in [2.24, 2.45) is 11.8 Å². The molecule has 3 N–H and O–H groups in total. The minimum atomic E-state index is 0.146. The molecule has 0 saturated carbocycles. The van der Waals surface area contributed by atoms with Gasteiger partial charge in [-0.25, -0.2) is 0 Å². The highest BCUT2D eigenvalue weighted by Crippen LogP contribution is 2.31. The first-order chi connectivity index (χ1) is 8.62. The largest absolute Gasteiger partial charge is 0.493 e. The van der Waals surface area contributed by atoms with E-state index in [4.69, 9.17) is 15.3 Å². The Morgan fingerprint density at radius 2 is 1.78 bits per heavy atom. The zero-order valence-electron chi connectivity index (χ0n) is 11.7. The number of ether oxygens (including phenoxy) is 2. The van der Waals surface area contributed by atoms with Crippen LogP contribution in [0.4, 0.5) is 0 Å². The molecule has 0 spiro atoms. The summed E-state index contributed by atoms with van der Waals surface area (Å²) < 4.78 is 10.5. The molecule has 0 saturated heterocycles. The third-order valence-corrected chi connectivity index (χ3v) is 3.04. The molecule has 102 valence electrons. The summed E-state index contributed by atoms with van der Waals surface area (Å²) in [5.41, 5.74) is 3.99. The van der Waals surface area contributed by atoms with Gasteiger partial charge in [0.15, 0.2) is 11.5 Å². The normalized spacial score (nSPS) is 12.6. The van der Waals surface area contributed by atoms with E-state index in [9.17, 15) is 0 Å². The van der Waals surface area contributed by atoms with Gasteiger partial charge in [-0.05, 0) is 36.5 Å². The van der Waals surface area contributed by atoms with E-state index in [0.29, 0.717) is 5.92 Å². The summed E-state index contributed by atoms with van der Waals surface area (Å²) in [7, 11) is 3.27. The number of nitrogens with two attached hydrogens (primary N) is 1. The molecule has 0 aliphatic rings. The second kappa shape index (κ2) is 7.24. The Morgan fingerprint density at radius 1 is 1.11 bits per heavy atom. The van der Waals surface area contributed by atoms with E-state index >= 15 is 0 Å². The number of benzene rings is 1. The predicted molar refractivity (Wildman–Crippen MR) is 73.7 cm³/mol. The van der Waals surface area contributed by atoms with Crippen LogP contribution in [-0.2, 0) is 0 Å². The topological polar surface area (TPSA) is 56.5 Å². The van der Waals surface area contributed by atoms with Crippen LogP contribution in [0.3, 0.4) is 0 Å². The molecule has 0 aliphatic carbocycles. The van der Waals surface area contributed by atoms with Gasteiger partial charge in [0, 0.05) is 6.04 Å². The molecule has 1 atom stereocenters. The minimum Gasteiger partial charge on any atom is -0.493 e. The van der Waals surface area contributed by atoms with Crippen molar-refractivity contribution >= 4 is 0 Å². The summed E-state index contributed by atoms with van der Waals surface area (Å²) in [5, 5.41) is 0. The van der Waals surface area contributed by atoms with E-state index in [1.807, 2.05) is 18.2 Å². The van der Waals surface area contributed by atoms with E-state index in [-0.39, 0.29) is 6.04 Å². The molecule has 1 aromatic carbocycles. The standard InChI is InChI=1S/C14H24N2O2/c1-10(2)5-7-12(16-15)11-6-8-13(17-3)14(9-11)18-4/h6,8-10,12,16H,5,7,15H2,1-4H3. The molecule has 0 bridgehead atoms. The van der Waals surface area contributed by atoms with Crippen molar-refractivity contribution in [3.05, 3.63) is 23.8 Å². The van der Waals surface area contributed by atoms with E-state index < -0.39 is 0 Å². The van der Waals surface area contributed by atoms with Crippen LogP contribution in [0.5, 0.6) is 11.5 Å². The summed E-state index contributed by atoms with van der Waals surface area (Å²) in [5.74, 6) is 7.77. The number of hydrogen-bond acceptors (Lipinski definition) is 4. The molecule has 18 heavy (non-hydrogen) atoms. The average molecular weight is 252 g/mol. The fourth-order valence-electron chi connectivity index (χ4n) is 1.92. The SMILES string of the molecule is COc1ccc(C(CCC(C)C)NN)cc1OC. The van der Waals surface area contributed by atoms with Crippen molar-refractivity contribution in [2.45, 2.75) is 32.7 Å². The molecule has 0 aromatic heterocycles. The smallest absolute Gasteiger partial charge is 0.161 e. The summed E-state index contributed by atoms with van der Waals surface area (Å²) in [6.45, 7) is 4.42.